The molecule has 3 spiro atoms. The van der Waals surface area contributed by atoms with Gasteiger partial charge in [0.25, 0.3) is 0 Å². The summed E-state index contributed by atoms with van der Waals surface area (Å²) in [6, 6.07) is 168. The van der Waals surface area contributed by atoms with Crippen LogP contribution in [-0.4, -0.2) is 29.9 Å². The van der Waals surface area contributed by atoms with Gasteiger partial charge in [0.15, 0.2) is 17.5 Å². The maximum atomic E-state index is 6.93. The van der Waals surface area contributed by atoms with E-state index in [9.17, 15) is 0 Å². The Morgan fingerprint density at radius 1 is 0.155 bits per heavy atom. The summed E-state index contributed by atoms with van der Waals surface area (Å²) >= 11 is 0. The first-order chi connectivity index (χ1) is 70.4. The Bertz CT molecular complexity index is 9760. The smallest absolute Gasteiger partial charge is 0.160 e. The lowest BCUT2D eigenvalue weighted by molar-refractivity contribution is 0.506. The second-order valence-electron chi connectivity index (χ2n) is 37.8. The van der Waals surface area contributed by atoms with Gasteiger partial charge in [0.05, 0.1) is 33.6 Å². The van der Waals surface area contributed by atoms with Gasteiger partial charge in [-0.05, 0) is 177 Å². The molecule has 0 aliphatic heterocycles. The lowest BCUT2D eigenvalue weighted by Gasteiger charge is -2.28. The quantitative estimate of drug-likeness (QED) is 0.154. The van der Waals surface area contributed by atoms with Gasteiger partial charge in [-0.1, -0.05) is 419 Å². The number of rotatable bonds is 7. The number of furan rings is 3. The van der Waals surface area contributed by atoms with Crippen LogP contribution < -0.4 is 0 Å². The molecule has 6 aliphatic carbocycles. The highest BCUT2D eigenvalue weighted by atomic mass is 16.3. The summed E-state index contributed by atoms with van der Waals surface area (Å²) in [4.78, 5) is 31.4. The number of para-hydroxylation sites is 6. The molecule has 0 bridgehead atoms. The van der Waals surface area contributed by atoms with Crippen molar-refractivity contribution in [2.75, 3.05) is 0 Å². The van der Waals surface area contributed by atoms with E-state index >= 15 is 0 Å². The first-order valence-electron chi connectivity index (χ1n) is 48.5. The fourth-order valence-electron chi connectivity index (χ4n) is 24.8. The molecule has 6 heterocycles. The summed E-state index contributed by atoms with van der Waals surface area (Å²) in [5.41, 5.74) is 40.9. The Morgan fingerprint density at radius 2 is 0.430 bits per heavy atom. The van der Waals surface area contributed by atoms with Gasteiger partial charge in [-0.15, -0.1) is 0 Å². The minimum absolute atomic E-state index is 0.548. The Morgan fingerprint density at radius 3 is 0.901 bits per heavy atom. The number of nitrogens with zero attached hydrogens (tertiary/aromatic N) is 6. The predicted octanol–water partition coefficient (Wildman–Crippen LogP) is 33.0. The molecule has 0 N–H and O–H groups in total. The van der Waals surface area contributed by atoms with E-state index in [1.165, 1.54) is 133 Å². The van der Waals surface area contributed by atoms with E-state index in [0.29, 0.717) is 17.5 Å². The molecule has 26 aromatic rings. The van der Waals surface area contributed by atoms with Crippen LogP contribution in [0.2, 0.25) is 0 Å². The largest absolute Gasteiger partial charge is 0.459 e. The maximum Gasteiger partial charge on any atom is 0.160 e. The fourth-order valence-corrected chi connectivity index (χ4v) is 24.8. The summed E-state index contributed by atoms with van der Waals surface area (Å²) in [5.74, 6) is 5.10. The number of fused-ring (bicyclic) bond motifs is 40. The Balaban J connectivity index is 0.0000000998. The van der Waals surface area contributed by atoms with E-state index in [2.05, 4.69) is 449 Å². The van der Waals surface area contributed by atoms with Gasteiger partial charge in [0, 0.05) is 82.4 Å². The monoisotopic (exact) mass is 1810 g/mol. The van der Waals surface area contributed by atoms with Gasteiger partial charge in [-0.2, -0.15) is 0 Å². The molecule has 6 aliphatic rings. The van der Waals surface area contributed by atoms with E-state index in [1.807, 2.05) is 24.3 Å². The third-order valence-electron chi connectivity index (χ3n) is 30.7. The Labute approximate surface area is 816 Å². The van der Waals surface area contributed by atoms with Crippen molar-refractivity contribution in [3.8, 4) is 146 Å². The molecule has 0 radical (unpaired) electrons. The van der Waals surface area contributed by atoms with Crippen LogP contribution >= 0.6 is 0 Å². The van der Waals surface area contributed by atoms with Crippen LogP contribution in [0.4, 0.5) is 0 Å². The van der Waals surface area contributed by atoms with E-state index in [1.54, 1.807) is 0 Å². The number of aromatic nitrogens is 6. The van der Waals surface area contributed by atoms with Crippen molar-refractivity contribution in [3.63, 3.8) is 0 Å². The molecule has 20 aromatic carbocycles. The molecule has 0 saturated heterocycles. The standard InChI is InChI=1S/C47H28N2O.C45H26N2O.C41H24N2O/c1-2-12-29(13-3-1)30-22-24-31(25-23-30)44-36-16-6-10-20-41(36)48-46(49-44)32-26-27-34-33-14-4-8-18-38(33)47(40(34)28-32)39-19-9-5-15-35(39)43-37-17-7-11-21-42(37)50-45(43)47;1-2-14-29-27(12-1)13-11-19-32(29)42-33-17-5-9-22-39(33)46-44(47-42)28-24-25-38-35(26-28)41-34-18-6-10-23-40(34)48-43(41)45(38)36-20-7-3-15-30(36)31-16-4-8-21-37(31)45;1-2-12-25(13-3-1)38-30-16-6-10-20-35(30)42-40(43-38)26-22-23-29-34(24-26)41(39-37(29)31-17-7-11-21-36(31)44-39)32-18-8-4-14-27(32)28-15-5-9-19-33(28)41/h1-28H;1-26H;1-24H. The topological polar surface area (TPSA) is 117 Å². The fraction of sp³-hybridized carbons (Fsp3) is 0.0226. The van der Waals surface area contributed by atoms with Crippen LogP contribution in [0.3, 0.4) is 0 Å². The third-order valence-corrected chi connectivity index (χ3v) is 30.7. The molecule has 0 amide bonds. The second kappa shape index (κ2) is 30.7. The van der Waals surface area contributed by atoms with Crippen molar-refractivity contribution in [3.05, 3.63) is 541 Å². The van der Waals surface area contributed by atoms with Crippen LogP contribution in [0.25, 0.3) is 222 Å². The van der Waals surface area contributed by atoms with E-state index in [-0.39, 0.29) is 0 Å². The lowest BCUT2D eigenvalue weighted by Crippen LogP contribution is -2.25. The zero-order valence-electron chi connectivity index (χ0n) is 76.4. The van der Waals surface area contributed by atoms with Gasteiger partial charge in [-0.3, -0.25) is 0 Å². The lowest BCUT2D eigenvalue weighted by atomic mass is 9.73. The number of benzene rings is 20. The second-order valence-corrected chi connectivity index (χ2v) is 37.8. The highest BCUT2D eigenvalue weighted by molar-refractivity contribution is 6.11. The molecule has 9 heteroatoms. The summed E-state index contributed by atoms with van der Waals surface area (Å²) in [6.07, 6.45) is 0. The number of hydrogen-bond donors (Lipinski definition) is 0. The van der Waals surface area contributed by atoms with Crippen molar-refractivity contribution in [1.29, 1.82) is 0 Å². The molecule has 1 atom stereocenters. The molecule has 1 unspecified atom stereocenters. The Hall–Kier alpha value is -18.7. The molecule has 32 rings (SSSR count). The molecular formula is C133H78N6O3. The first kappa shape index (κ1) is 79.5. The molecular weight excluding hydrogens is 1730 g/mol. The number of hydrogen-bond acceptors (Lipinski definition) is 9. The highest BCUT2D eigenvalue weighted by Crippen LogP contribution is 2.69. The normalized spacial score (nSPS) is 14.2. The minimum atomic E-state index is -0.597. The maximum absolute atomic E-state index is 6.93. The minimum Gasteiger partial charge on any atom is -0.459 e. The van der Waals surface area contributed by atoms with Crippen LogP contribution in [0, 0.1) is 0 Å². The summed E-state index contributed by atoms with van der Waals surface area (Å²) in [7, 11) is 0. The van der Waals surface area contributed by atoms with Gasteiger partial charge in [0.1, 0.15) is 50.3 Å². The predicted molar refractivity (Wildman–Crippen MR) is 572 cm³/mol. The zero-order valence-corrected chi connectivity index (χ0v) is 76.4. The van der Waals surface area contributed by atoms with Crippen molar-refractivity contribution in [1.82, 2.24) is 29.9 Å². The molecule has 658 valence electrons. The van der Waals surface area contributed by atoms with Gasteiger partial charge in [-0.25, -0.2) is 29.9 Å². The average Bonchev–Trinajstić information content (AvgIpc) is 1.51. The van der Waals surface area contributed by atoms with E-state index in [0.717, 1.165) is 139 Å². The van der Waals surface area contributed by atoms with Gasteiger partial charge >= 0.3 is 0 Å². The van der Waals surface area contributed by atoms with Crippen LogP contribution in [0.15, 0.2) is 486 Å². The summed E-state index contributed by atoms with van der Waals surface area (Å²) in [5, 5.41) is 8.91. The molecule has 142 heavy (non-hydrogen) atoms. The van der Waals surface area contributed by atoms with Crippen molar-refractivity contribution in [2.45, 2.75) is 16.2 Å². The van der Waals surface area contributed by atoms with Gasteiger partial charge in [0.2, 0.25) is 0 Å². The first-order valence-corrected chi connectivity index (χ1v) is 48.5. The highest BCUT2D eigenvalue weighted by Gasteiger charge is 2.59. The van der Waals surface area contributed by atoms with Crippen molar-refractivity contribution < 1.29 is 13.3 Å². The van der Waals surface area contributed by atoms with E-state index < -0.39 is 16.2 Å². The average molecular weight is 1810 g/mol. The molecule has 0 saturated carbocycles. The van der Waals surface area contributed by atoms with E-state index in [4.69, 9.17) is 43.2 Å². The van der Waals surface area contributed by atoms with Gasteiger partial charge < -0.3 is 13.3 Å². The summed E-state index contributed by atoms with van der Waals surface area (Å²) < 4.78 is 20.8. The van der Waals surface area contributed by atoms with Crippen LogP contribution in [-0.2, 0) is 16.2 Å². The van der Waals surface area contributed by atoms with Crippen molar-refractivity contribution >= 4 is 76.4 Å². The molecule has 6 aromatic heterocycles. The molecule has 0 fully saturated rings. The van der Waals surface area contributed by atoms with Crippen molar-refractivity contribution in [2.24, 2.45) is 0 Å². The third kappa shape index (κ3) is 11.2. The van der Waals surface area contributed by atoms with Crippen LogP contribution in [0.5, 0.6) is 0 Å². The zero-order chi connectivity index (χ0) is 93.0. The van der Waals surface area contributed by atoms with Crippen LogP contribution in [0.1, 0.15) is 67.4 Å². The SMILES string of the molecule is c1ccc(-c2ccc(-c3nc(-c4ccc5c(c4)C4(c6ccccc6-5)c5ccccc5-c5c4oc4ccccc54)nc4ccccc34)cc2)cc1.c1ccc(-c2nc(-c3ccc4c(c3)C3(c5ccccc5-c5ccccc53)c3oc5ccccc5c3-4)nc3ccccc23)cc1.c1ccc2c(c1)-c1ccccc1C21c2ccc(-c3nc(-c4cccc5ccccc45)c4ccccc4n3)cc2-c2c1oc1ccccc21. The summed E-state index contributed by atoms with van der Waals surface area (Å²) in [6.45, 7) is 0. The Kier molecular flexibility index (Phi) is 17.2. The molecule has 9 nitrogen and oxygen atoms in total.